The van der Waals surface area contributed by atoms with Crippen LogP contribution < -0.4 is 4.90 Å². The van der Waals surface area contributed by atoms with Crippen LogP contribution in [-0.2, 0) is 19.8 Å². The molecule has 1 unspecified atom stereocenters. The van der Waals surface area contributed by atoms with E-state index >= 15 is 0 Å². The molecule has 1 fully saturated rings. The van der Waals surface area contributed by atoms with Gasteiger partial charge in [0.2, 0.25) is 5.91 Å². The minimum absolute atomic E-state index is 0.184. The number of carbonyl (C=O) groups excluding carboxylic acids is 2. The fraction of sp³-hybridized carbons (Fsp3) is 0.500. The normalized spacial score (nSPS) is 19.1. The predicted octanol–water partition coefficient (Wildman–Crippen LogP) is 1.64. The number of carbonyl (C=O) groups is 2. The number of amides is 1. The van der Waals surface area contributed by atoms with Crippen LogP contribution >= 0.6 is 11.3 Å². The minimum atomic E-state index is -4.79. The third-order valence-corrected chi connectivity index (χ3v) is 5.40. The lowest BCUT2D eigenvalue weighted by atomic mass is 10.2. The van der Waals surface area contributed by atoms with Crippen molar-refractivity contribution in [3.63, 3.8) is 0 Å². The van der Waals surface area contributed by atoms with E-state index in [0.717, 1.165) is 16.2 Å². The molecule has 0 aromatic carbocycles. The molecule has 2 rings (SSSR count). The van der Waals surface area contributed by atoms with Crippen molar-refractivity contribution >= 4 is 38.4 Å². The third kappa shape index (κ3) is 3.08. The summed E-state index contributed by atoms with van der Waals surface area (Å²) in [6, 6.07) is 0. The van der Waals surface area contributed by atoms with Crippen molar-refractivity contribution in [1.82, 2.24) is 0 Å². The molecule has 21 heavy (non-hydrogen) atoms. The van der Waals surface area contributed by atoms with Gasteiger partial charge in [0.15, 0.2) is 0 Å². The molecule has 1 aromatic heterocycles. The third-order valence-electron chi connectivity index (χ3n) is 3.17. The summed E-state index contributed by atoms with van der Waals surface area (Å²) in [5.74, 6) is -1.10. The minimum Gasteiger partial charge on any atom is -0.462 e. The number of ether oxygens (including phenoxy) is 1. The standard InChI is InChI=1S/C12H14FNO5S2/c1-3-19-12(16)10-7(2)6-20-11(10)14-5-8(4-9(14)15)21(13,17)18/h6,8H,3-5H2,1-2H3. The van der Waals surface area contributed by atoms with Crippen LogP contribution in [0, 0.1) is 6.92 Å². The molecule has 9 heteroatoms. The van der Waals surface area contributed by atoms with Crippen molar-refractivity contribution in [2.45, 2.75) is 25.5 Å². The lowest BCUT2D eigenvalue weighted by molar-refractivity contribution is -0.117. The zero-order chi connectivity index (χ0) is 15.8. The Bertz CT molecular complexity index is 682. The van der Waals surface area contributed by atoms with Gasteiger partial charge in [-0.05, 0) is 24.8 Å². The summed E-state index contributed by atoms with van der Waals surface area (Å²) in [4.78, 5) is 25.0. The van der Waals surface area contributed by atoms with Crippen LogP contribution in [0.15, 0.2) is 5.38 Å². The van der Waals surface area contributed by atoms with Crippen LogP contribution in [0.25, 0.3) is 0 Å². The molecule has 1 aromatic rings. The van der Waals surface area contributed by atoms with Gasteiger partial charge < -0.3 is 9.64 Å². The lowest BCUT2D eigenvalue weighted by Crippen LogP contribution is -2.27. The van der Waals surface area contributed by atoms with Crippen molar-refractivity contribution in [2.75, 3.05) is 18.1 Å². The molecule has 116 valence electrons. The quantitative estimate of drug-likeness (QED) is 0.617. The first-order valence-corrected chi connectivity index (χ1v) is 8.57. The van der Waals surface area contributed by atoms with Crippen LogP contribution in [-0.4, -0.2) is 38.7 Å². The van der Waals surface area contributed by atoms with Crippen LogP contribution in [0.3, 0.4) is 0 Å². The van der Waals surface area contributed by atoms with Crippen LogP contribution in [0.4, 0.5) is 8.89 Å². The topological polar surface area (TPSA) is 80.8 Å². The van der Waals surface area contributed by atoms with E-state index in [2.05, 4.69) is 0 Å². The molecular formula is C12H14FNO5S2. The summed E-state index contributed by atoms with van der Waals surface area (Å²) in [5, 5.41) is 0.594. The first-order valence-electron chi connectivity index (χ1n) is 6.24. The van der Waals surface area contributed by atoms with Gasteiger partial charge in [-0.2, -0.15) is 8.42 Å². The summed E-state index contributed by atoms with van der Waals surface area (Å²) < 4.78 is 39.9. The molecule has 6 nitrogen and oxygen atoms in total. The highest BCUT2D eigenvalue weighted by Gasteiger charge is 2.41. The molecule has 0 N–H and O–H groups in total. The first kappa shape index (κ1) is 15.9. The number of nitrogens with zero attached hydrogens (tertiary/aromatic N) is 1. The van der Waals surface area contributed by atoms with Crippen molar-refractivity contribution in [1.29, 1.82) is 0 Å². The fourth-order valence-electron chi connectivity index (χ4n) is 2.14. The average molecular weight is 335 g/mol. The zero-order valence-electron chi connectivity index (χ0n) is 11.5. The van der Waals surface area contributed by atoms with Gasteiger partial charge in [0.1, 0.15) is 10.3 Å². The van der Waals surface area contributed by atoms with Gasteiger partial charge >= 0.3 is 16.2 Å². The SMILES string of the molecule is CCOC(=O)c1c(C)csc1N1CC(S(=O)(=O)F)CC1=O. The molecule has 0 aliphatic carbocycles. The van der Waals surface area contributed by atoms with E-state index in [9.17, 15) is 21.9 Å². The molecule has 0 saturated carbocycles. The van der Waals surface area contributed by atoms with Gasteiger partial charge in [0.05, 0.1) is 12.2 Å². The van der Waals surface area contributed by atoms with E-state index < -0.39 is 33.8 Å². The van der Waals surface area contributed by atoms with E-state index in [-0.39, 0.29) is 18.7 Å². The summed E-state index contributed by atoms with van der Waals surface area (Å²) in [6.45, 7) is 3.25. The molecular weight excluding hydrogens is 321 g/mol. The molecule has 1 atom stereocenters. The van der Waals surface area contributed by atoms with Crippen molar-refractivity contribution < 1.29 is 26.6 Å². The van der Waals surface area contributed by atoms with E-state index in [1.807, 2.05) is 0 Å². The second kappa shape index (κ2) is 5.72. The molecule has 0 bridgehead atoms. The number of thiophene rings is 1. The smallest absolute Gasteiger partial charge is 0.341 e. The lowest BCUT2D eigenvalue weighted by Gasteiger charge is -2.16. The number of rotatable bonds is 4. The molecule has 1 aliphatic heterocycles. The van der Waals surface area contributed by atoms with Crippen molar-refractivity contribution in [3.8, 4) is 0 Å². The second-order valence-electron chi connectivity index (χ2n) is 4.63. The van der Waals surface area contributed by atoms with Crippen molar-refractivity contribution in [3.05, 3.63) is 16.5 Å². The molecule has 2 heterocycles. The maximum absolute atomic E-state index is 13.0. The van der Waals surface area contributed by atoms with Gasteiger partial charge in [-0.15, -0.1) is 15.2 Å². The predicted molar refractivity (Wildman–Crippen MR) is 75.8 cm³/mol. The molecule has 1 amide bonds. The summed E-state index contributed by atoms with van der Waals surface area (Å²) in [7, 11) is -4.79. The Labute approximate surface area is 125 Å². The monoisotopic (exact) mass is 335 g/mol. The van der Waals surface area contributed by atoms with Crippen LogP contribution in [0.1, 0.15) is 29.3 Å². The highest BCUT2D eigenvalue weighted by atomic mass is 32.3. The van der Waals surface area contributed by atoms with E-state index in [1.165, 1.54) is 0 Å². The Morgan fingerprint density at radius 3 is 2.76 bits per heavy atom. The van der Waals surface area contributed by atoms with Gasteiger partial charge in [0.25, 0.3) is 0 Å². The summed E-state index contributed by atoms with van der Waals surface area (Å²) >= 11 is 1.13. The van der Waals surface area contributed by atoms with E-state index in [0.29, 0.717) is 10.6 Å². The Kier molecular flexibility index (Phi) is 4.33. The molecule has 0 radical (unpaired) electrons. The fourth-order valence-corrected chi connectivity index (χ4v) is 3.88. The zero-order valence-corrected chi connectivity index (χ0v) is 13.1. The first-order chi connectivity index (χ1) is 9.75. The van der Waals surface area contributed by atoms with E-state index in [4.69, 9.17) is 4.74 Å². The van der Waals surface area contributed by atoms with Crippen LogP contribution in [0.5, 0.6) is 0 Å². The Balaban J connectivity index is 2.36. The number of esters is 1. The van der Waals surface area contributed by atoms with Gasteiger partial charge in [-0.25, -0.2) is 4.79 Å². The van der Waals surface area contributed by atoms with Crippen molar-refractivity contribution in [2.24, 2.45) is 0 Å². The maximum atomic E-state index is 13.0. The Morgan fingerprint density at radius 1 is 1.57 bits per heavy atom. The van der Waals surface area contributed by atoms with E-state index in [1.54, 1.807) is 19.2 Å². The molecule has 0 spiro atoms. The maximum Gasteiger partial charge on any atom is 0.341 e. The highest BCUT2D eigenvalue weighted by Crippen LogP contribution is 2.36. The number of hydrogen-bond donors (Lipinski definition) is 0. The largest absolute Gasteiger partial charge is 0.462 e. The molecule has 1 aliphatic rings. The molecule has 1 saturated heterocycles. The number of hydrogen-bond acceptors (Lipinski definition) is 6. The highest BCUT2D eigenvalue weighted by molar-refractivity contribution is 7.87. The van der Waals surface area contributed by atoms with Gasteiger partial charge in [-0.1, -0.05) is 0 Å². The Hall–Kier alpha value is -1.48. The second-order valence-corrected chi connectivity index (χ2v) is 7.10. The van der Waals surface area contributed by atoms with Gasteiger partial charge in [-0.3, -0.25) is 4.79 Å². The summed E-state index contributed by atoms with van der Waals surface area (Å²) in [6.07, 6.45) is -0.419. The number of anilines is 1. The van der Waals surface area contributed by atoms with Gasteiger partial charge in [0, 0.05) is 13.0 Å². The summed E-state index contributed by atoms with van der Waals surface area (Å²) in [5.41, 5.74) is 0.861. The number of halogens is 1. The van der Waals surface area contributed by atoms with Crippen LogP contribution in [0.2, 0.25) is 0 Å². The average Bonchev–Trinajstić information content (AvgIpc) is 2.92. The number of aryl methyl sites for hydroxylation is 1. The Morgan fingerprint density at radius 2 is 2.24 bits per heavy atom.